The number of rotatable bonds is 10. The SMILES string of the molecule is CCCCOP(=O)(OCCCC)C1c2ccccc2CCN1c1ccccc1C. The van der Waals surface area contributed by atoms with E-state index in [1.54, 1.807) is 0 Å². The van der Waals surface area contributed by atoms with E-state index in [0.29, 0.717) is 13.2 Å². The Bertz CT molecular complexity index is 824. The molecule has 2 aromatic carbocycles. The van der Waals surface area contributed by atoms with Gasteiger partial charge in [0.2, 0.25) is 0 Å². The number of benzene rings is 2. The van der Waals surface area contributed by atoms with Gasteiger partial charge in [0.25, 0.3) is 0 Å². The number of aryl methyl sites for hydroxylation is 1. The fourth-order valence-corrected chi connectivity index (χ4v) is 6.17. The lowest BCUT2D eigenvalue weighted by molar-refractivity contribution is 0.191. The van der Waals surface area contributed by atoms with Crippen molar-refractivity contribution >= 4 is 13.3 Å². The Labute approximate surface area is 175 Å². The van der Waals surface area contributed by atoms with Crippen LogP contribution in [-0.2, 0) is 20.0 Å². The summed E-state index contributed by atoms with van der Waals surface area (Å²) in [5, 5.41) is 0. The molecule has 0 N–H and O–H groups in total. The van der Waals surface area contributed by atoms with Gasteiger partial charge in [0.1, 0.15) is 0 Å². The summed E-state index contributed by atoms with van der Waals surface area (Å²) in [7, 11) is -3.40. The molecule has 1 heterocycles. The Hall–Kier alpha value is -1.61. The van der Waals surface area contributed by atoms with Gasteiger partial charge < -0.3 is 13.9 Å². The summed E-state index contributed by atoms with van der Waals surface area (Å²) in [6.07, 6.45) is 4.67. The Morgan fingerprint density at radius 1 is 0.966 bits per heavy atom. The van der Waals surface area contributed by atoms with Gasteiger partial charge in [-0.25, -0.2) is 0 Å². The molecule has 0 aromatic heterocycles. The molecule has 1 unspecified atom stereocenters. The molecule has 0 aliphatic carbocycles. The van der Waals surface area contributed by atoms with E-state index >= 15 is 0 Å². The van der Waals surface area contributed by atoms with Crippen LogP contribution in [0.2, 0.25) is 0 Å². The molecule has 0 spiro atoms. The maximum absolute atomic E-state index is 14.3. The first-order valence-electron chi connectivity index (χ1n) is 10.9. The second-order valence-electron chi connectivity index (χ2n) is 7.72. The van der Waals surface area contributed by atoms with Gasteiger partial charge in [0, 0.05) is 12.2 Å². The van der Waals surface area contributed by atoms with Gasteiger partial charge in [0.15, 0.2) is 5.78 Å². The maximum Gasteiger partial charge on any atom is 0.357 e. The number of unbranched alkanes of at least 4 members (excludes halogenated alkanes) is 2. The molecule has 2 aromatic rings. The second kappa shape index (κ2) is 10.4. The van der Waals surface area contributed by atoms with Crippen molar-refractivity contribution in [3.63, 3.8) is 0 Å². The Morgan fingerprint density at radius 3 is 2.24 bits per heavy atom. The monoisotopic (exact) mass is 415 g/mol. The van der Waals surface area contributed by atoms with Gasteiger partial charge in [-0.1, -0.05) is 69.2 Å². The molecule has 29 heavy (non-hydrogen) atoms. The van der Waals surface area contributed by atoms with E-state index in [1.165, 1.54) is 11.1 Å². The van der Waals surface area contributed by atoms with Gasteiger partial charge in [-0.05, 0) is 48.9 Å². The van der Waals surface area contributed by atoms with Crippen LogP contribution in [0.1, 0.15) is 62.0 Å². The maximum atomic E-state index is 14.3. The molecule has 0 amide bonds. The fourth-order valence-electron chi connectivity index (χ4n) is 3.87. The molecule has 3 rings (SSSR count). The third-order valence-electron chi connectivity index (χ3n) is 5.51. The average molecular weight is 416 g/mol. The van der Waals surface area contributed by atoms with Crippen molar-refractivity contribution in [1.82, 2.24) is 0 Å². The summed E-state index contributed by atoms with van der Waals surface area (Å²) in [4.78, 5) is 2.25. The summed E-state index contributed by atoms with van der Waals surface area (Å²) < 4.78 is 26.5. The molecular formula is C24H34NO3P. The van der Waals surface area contributed by atoms with Crippen molar-refractivity contribution in [1.29, 1.82) is 0 Å². The van der Waals surface area contributed by atoms with E-state index in [-0.39, 0.29) is 0 Å². The van der Waals surface area contributed by atoms with Crippen molar-refractivity contribution in [2.45, 2.75) is 58.7 Å². The smallest absolute Gasteiger partial charge is 0.353 e. The summed E-state index contributed by atoms with van der Waals surface area (Å²) in [5.41, 5.74) is 4.58. The highest BCUT2D eigenvalue weighted by Gasteiger charge is 2.44. The van der Waals surface area contributed by atoms with Gasteiger partial charge in [-0.2, -0.15) is 0 Å². The number of nitrogens with zero attached hydrogens (tertiary/aromatic N) is 1. The lowest BCUT2D eigenvalue weighted by Crippen LogP contribution is -2.36. The van der Waals surface area contributed by atoms with Crippen LogP contribution >= 0.6 is 7.60 Å². The third kappa shape index (κ3) is 5.12. The quantitative estimate of drug-likeness (QED) is 0.313. The lowest BCUT2D eigenvalue weighted by atomic mass is 9.98. The molecule has 1 aliphatic rings. The largest absolute Gasteiger partial charge is 0.357 e. The molecule has 1 atom stereocenters. The molecule has 5 heteroatoms. The minimum absolute atomic E-state index is 0.415. The molecule has 0 radical (unpaired) electrons. The summed E-state index contributed by atoms with van der Waals surface area (Å²) in [6.45, 7) is 8.04. The highest BCUT2D eigenvalue weighted by atomic mass is 31.2. The Balaban J connectivity index is 2.05. The normalized spacial score (nSPS) is 16.7. The fraction of sp³-hybridized carbons (Fsp3) is 0.500. The van der Waals surface area contributed by atoms with E-state index in [9.17, 15) is 4.57 Å². The lowest BCUT2D eigenvalue weighted by Gasteiger charge is -2.42. The van der Waals surface area contributed by atoms with Crippen molar-refractivity contribution in [3.8, 4) is 0 Å². The summed E-state index contributed by atoms with van der Waals surface area (Å²) >= 11 is 0. The van der Waals surface area contributed by atoms with E-state index in [1.807, 2.05) is 18.2 Å². The van der Waals surface area contributed by atoms with Gasteiger partial charge >= 0.3 is 7.60 Å². The summed E-state index contributed by atoms with van der Waals surface area (Å²) in [6, 6.07) is 16.6. The number of anilines is 1. The van der Waals surface area contributed by atoms with Crippen LogP contribution in [0.15, 0.2) is 48.5 Å². The van der Waals surface area contributed by atoms with Crippen molar-refractivity contribution in [3.05, 3.63) is 65.2 Å². The van der Waals surface area contributed by atoms with Gasteiger partial charge in [-0.15, -0.1) is 0 Å². The van der Waals surface area contributed by atoms with Crippen molar-refractivity contribution in [2.24, 2.45) is 0 Å². The van der Waals surface area contributed by atoms with Crippen LogP contribution in [0.4, 0.5) is 5.69 Å². The first-order valence-corrected chi connectivity index (χ1v) is 12.5. The third-order valence-corrected chi connectivity index (χ3v) is 7.75. The average Bonchev–Trinajstić information content (AvgIpc) is 2.74. The number of para-hydroxylation sites is 1. The van der Waals surface area contributed by atoms with Crippen molar-refractivity contribution < 1.29 is 13.6 Å². The van der Waals surface area contributed by atoms with E-state index in [4.69, 9.17) is 9.05 Å². The van der Waals surface area contributed by atoms with E-state index < -0.39 is 13.4 Å². The standard InChI is InChI=1S/C24H34NO3P/c1-4-6-18-27-29(26,28-19-7-5-2)24-22-14-10-9-13-21(22)16-17-25(24)23-15-11-8-12-20(23)3/h8-15,24H,4-7,16-19H2,1-3H3. The Morgan fingerprint density at radius 2 is 1.59 bits per heavy atom. The van der Waals surface area contributed by atoms with Crippen molar-refractivity contribution in [2.75, 3.05) is 24.7 Å². The highest BCUT2D eigenvalue weighted by Crippen LogP contribution is 2.64. The molecule has 0 saturated heterocycles. The molecule has 0 fully saturated rings. The molecule has 1 aliphatic heterocycles. The van der Waals surface area contributed by atoms with Crippen LogP contribution in [0.25, 0.3) is 0 Å². The zero-order chi connectivity index (χ0) is 20.7. The highest BCUT2D eigenvalue weighted by molar-refractivity contribution is 7.54. The molecule has 0 saturated carbocycles. The molecular weight excluding hydrogens is 381 g/mol. The summed E-state index contributed by atoms with van der Waals surface area (Å²) in [5.74, 6) is -0.415. The number of hydrogen-bond acceptors (Lipinski definition) is 4. The second-order valence-corrected chi connectivity index (χ2v) is 9.80. The first kappa shape index (κ1) is 22.1. The van der Waals surface area contributed by atoms with Crippen LogP contribution < -0.4 is 4.90 Å². The van der Waals surface area contributed by atoms with Crippen LogP contribution in [0, 0.1) is 6.92 Å². The minimum Gasteiger partial charge on any atom is -0.353 e. The van der Waals surface area contributed by atoms with Gasteiger partial charge in [-0.3, -0.25) is 4.57 Å². The zero-order valence-corrected chi connectivity index (χ0v) is 18.9. The molecule has 4 nitrogen and oxygen atoms in total. The van der Waals surface area contributed by atoms with E-state index in [2.05, 4.69) is 56.0 Å². The van der Waals surface area contributed by atoms with Gasteiger partial charge in [0.05, 0.1) is 13.2 Å². The topological polar surface area (TPSA) is 38.8 Å². The van der Waals surface area contributed by atoms with Crippen LogP contribution in [0.3, 0.4) is 0 Å². The van der Waals surface area contributed by atoms with Crippen LogP contribution in [-0.4, -0.2) is 19.8 Å². The van der Waals surface area contributed by atoms with Crippen LogP contribution in [0.5, 0.6) is 0 Å². The molecule has 158 valence electrons. The Kier molecular flexibility index (Phi) is 7.94. The molecule has 0 bridgehead atoms. The predicted octanol–water partition coefficient (Wildman–Crippen LogP) is 6.88. The number of fused-ring (bicyclic) bond motifs is 1. The van der Waals surface area contributed by atoms with E-state index in [0.717, 1.165) is 49.9 Å². The predicted molar refractivity (Wildman–Crippen MR) is 121 cm³/mol. The minimum atomic E-state index is -3.40. The number of hydrogen-bond donors (Lipinski definition) is 0. The zero-order valence-electron chi connectivity index (χ0n) is 18.0. The first-order chi connectivity index (χ1) is 14.1.